The highest BCUT2D eigenvalue weighted by molar-refractivity contribution is 6.29. The molecule has 0 unspecified atom stereocenters. The van der Waals surface area contributed by atoms with E-state index in [0.29, 0.717) is 16.7 Å². The Labute approximate surface area is 119 Å². The molecule has 0 saturated heterocycles. The first kappa shape index (κ1) is 13.9. The maximum Gasteiger partial charge on any atom is 0.269 e. The van der Waals surface area contributed by atoms with Crippen molar-refractivity contribution in [2.75, 3.05) is 5.43 Å². The van der Waals surface area contributed by atoms with E-state index in [-0.39, 0.29) is 5.69 Å². The van der Waals surface area contributed by atoms with E-state index in [0.717, 1.165) is 5.56 Å². The highest BCUT2D eigenvalue weighted by Gasteiger charge is 2.05. The number of nitrogens with one attached hydrogen (secondary N) is 1. The quantitative estimate of drug-likeness (QED) is 0.531. The lowest BCUT2D eigenvalue weighted by Crippen LogP contribution is -2.01. The Morgan fingerprint density at radius 3 is 2.50 bits per heavy atom. The molecule has 0 atom stereocenters. The number of rotatable bonds is 4. The lowest BCUT2D eigenvalue weighted by Gasteiger charge is -2.02. The van der Waals surface area contributed by atoms with Crippen LogP contribution < -0.4 is 5.43 Å². The Hall–Kier alpha value is -2.54. The predicted octanol–water partition coefficient (Wildman–Crippen LogP) is 2.87. The minimum atomic E-state index is -0.447. The van der Waals surface area contributed by atoms with Crippen molar-refractivity contribution < 1.29 is 4.92 Å². The number of hydrogen-bond acceptors (Lipinski definition) is 6. The third-order valence-electron chi connectivity index (χ3n) is 2.47. The van der Waals surface area contributed by atoms with Gasteiger partial charge in [-0.15, -0.1) is 10.2 Å². The van der Waals surface area contributed by atoms with Gasteiger partial charge in [-0.2, -0.15) is 5.10 Å². The summed E-state index contributed by atoms with van der Waals surface area (Å²) in [4.78, 5) is 10.1. The number of anilines is 1. The molecule has 0 amide bonds. The molecule has 2 aromatic rings. The van der Waals surface area contributed by atoms with Crippen LogP contribution >= 0.6 is 11.6 Å². The smallest absolute Gasteiger partial charge is 0.260 e. The summed E-state index contributed by atoms with van der Waals surface area (Å²) in [6.45, 7) is 1.78. The van der Waals surface area contributed by atoms with Crippen LogP contribution in [0.15, 0.2) is 41.5 Å². The highest BCUT2D eigenvalue weighted by Crippen LogP contribution is 2.13. The molecule has 1 heterocycles. The molecule has 20 heavy (non-hydrogen) atoms. The summed E-state index contributed by atoms with van der Waals surface area (Å²) in [7, 11) is 0. The number of benzene rings is 1. The predicted molar refractivity (Wildman–Crippen MR) is 76.0 cm³/mol. The number of aromatic nitrogens is 2. The molecule has 0 aliphatic carbocycles. The van der Waals surface area contributed by atoms with Crippen LogP contribution in [0.4, 0.5) is 11.5 Å². The van der Waals surface area contributed by atoms with Crippen molar-refractivity contribution in [2.45, 2.75) is 6.92 Å². The molecule has 1 N–H and O–H groups in total. The van der Waals surface area contributed by atoms with E-state index in [1.807, 2.05) is 0 Å². The highest BCUT2D eigenvalue weighted by atomic mass is 35.5. The van der Waals surface area contributed by atoms with E-state index in [9.17, 15) is 10.1 Å². The van der Waals surface area contributed by atoms with Crippen molar-refractivity contribution in [2.24, 2.45) is 5.10 Å². The van der Waals surface area contributed by atoms with Crippen LogP contribution in [0, 0.1) is 10.1 Å². The van der Waals surface area contributed by atoms with Gasteiger partial charge in [-0.25, -0.2) is 0 Å². The summed E-state index contributed by atoms with van der Waals surface area (Å²) in [5.41, 5.74) is 4.20. The average molecular weight is 292 g/mol. The van der Waals surface area contributed by atoms with Gasteiger partial charge in [0.2, 0.25) is 0 Å². The van der Waals surface area contributed by atoms with Gasteiger partial charge < -0.3 is 0 Å². The lowest BCUT2D eigenvalue weighted by atomic mass is 10.1. The lowest BCUT2D eigenvalue weighted by molar-refractivity contribution is -0.384. The van der Waals surface area contributed by atoms with E-state index < -0.39 is 4.92 Å². The van der Waals surface area contributed by atoms with Crippen molar-refractivity contribution >= 4 is 28.8 Å². The van der Waals surface area contributed by atoms with Gasteiger partial charge in [0.25, 0.3) is 5.69 Å². The van der Waals surface area contributed by atoms with Crippen molar-refractivity contribution in [3.8, 4) is 0 Å². The normalized spacial score (nSPS) is 11.2. The zero-order chi connectivity index (χ0) is 14.5. The maximum absolute atomic E-state index is 10.6. The van der Waals surface area contributed by atoms with Crippen LogP contribution in [-0.2, 0) is 0 Å². The van der Waals surface area contributed by atoms with Crippen molar-refractivity contribution in [3.63, 3.8) is 0 Å². The minimum Gasteiger partial charge on any atom is -0.260 e. The summed E-state index contributed by atoms with van der Waals surface area (Å²) in [6.07, 6.45) is 0. The van der Waals surface area contributed by atoms with Gasteiger partial charge in [0.05, 0.1) is 10.6 Å². The van der Waals surface area contributed by atoms with E-state index >= 15 is 0 Å². The maximum atomic E-state index is 10.6. The summed E-state index contributed by atoms with van der Waals surface area (Å²) >= 11 is 5.62. The third-order valence-corrected chi connectivity index (χ3v) is 2.67. The fourth-order valence-corrected chi connectivity index (χ4v) is 1.51. The second kappa shape index (κ2) is 6.07. The number of halogens is 1. The number of non-ortho nitro benzene ring substituents is 1. The molecule has 8 heteroatoms. The summed E-state index contributed by atoms with van der Waals surface area (Å²) < 4.78 is 0. The molecule has 7 nitrogen and oxygen atoms in total. The first-order chi connectivity index (χ1) is 9.56. The Morgan fingerprint density at radius 2 is 1.95 bits per heavy atom. The molecule has 0 bridgehead atoms. The SMILES string of the molecule is C/C(=N\Nc1ccc(Cl)nn1)c1ccc([N+](=O)[O-])cc1. The van der Waals surface area contributed by atoms with Gasteiger partial charge >= 0.3 is 0 Å². The Bertz CT molecular complexity index is 640. The summed E-state index contributed by atoms with van der Waals surface area (Å²) in [6, 6.07) is 9.35. The fraction of sp³-hybridized carbons (Fsp3) is 0.0833. The number of nitro groups is 1. The number of nitro benzene ring substituents is 1. The minimum absolute atomic E-state index is 0.0399. The van der Waals surface area contributed by atoms with Crippen LogP contribution in [0.2, 0.25) is 5.15 Å². The Kier molecular flexibility index (Phi) is 4.21. The standard InChI is InChI=1S/C12H10ClN5O2/c1-8(9-2-4-10(5-3-9)18(19)20)14-16-12-7-6-11(13)15-17-12/h2-7H,1H3,(H,16,17)/b14-8+. The molecule has 0 radical (unpaired) electrons. The average Bonchev–Trinajstić information content (AvgIpc) is 2.46. The molecule has 0 aliphatic rings. The molecule has 0 spiro atoms. The second-order valence-electron chi connectivity index (χ2n) is 3.85. The van der Waals surface area contributed by atoms with Crippen LogP contribution in [0.1, 0.15) is 12.5 Å². The van der Waals surface area contributed by atoms with Gasteiger partial charge in [0.1, 0.15) is 0 Å². The number of hydrazone groups is 1. The molecule has 1 aromatic heterocycles. The van der Waals surface area contributed by atoms with E-state index in [1.165, 1.54) is 12.1 Å². The van der Waals surface area contributed by atoms with Gasteiger partial charge in [-0.1, -0.05) is 11.6 Å². The number of hydrogen-bond donors (Lipinski definition) is 1. The Morgan fingerprint density at radius 1 is 1.25 bits per heavy atom. The van der Waals surface area contributed by atoms with E-state index in [2.05, 4.69) is 20.7 Å². The van der Waals surface area contributed by atoms with E-state index in [1.54, 1.807) is 31.2 Å². The Balaban J connectivity index is 2.09. The summed E-state index contributed by atoms with van der Waals surface area (Å²) in [5.74, 6) is 0.454. The molecule has 2 rings (SSSR count). The largest absolute Gasteiger partial charge is 0.269 e. The van der Waals surface area contributed by atoms with Crippen LogP contribution in [-0.4, -0.2) is 20.8 Å². The molecular formula is C12H10ClN5O2. The molecule has 1 aromatic carbocycles. The van der Waals surface area contributed by atoms with Gasteiger partial charge in [0, 0.05) is 12.1 Å². The molecule has 102 valence electrons. The topological polar surface area (TPSA) is 93.3 Å². The molecule has 0 fully saturated rings. The molecular weight excluding hydrogens is 282 g/mol. The zero-order valence-corrected chi connectivity index (χ0v) is 11.2. The zero-order valence-electron chi connectivity index (χ0n) is 10.4. The second-order valence-corrected chi connectivity index (χ2v) is 4.24. The van der Waals surface area contributed by atoms with Crippen LogP contribution in [0.3, 0.4) is 0 Å². The van der Waals surface area contributed by atoms with Crippen LogP contribution in [0.5, 0.6) is 0 Å². The van der Waals surface area contributed by atoms with E-state index in [4.69, 9.17) is 11.6 Å². The van der Waals surface area contributed by atoms with Crippen molar-refractivity contribution in [1.29, 1.82) is 0 Å². The first-order valence-corrected chi connectivity index (χ1v) is 5.98. The van der Waals surface area contributed by atoms with Crippen LogP contribution in [0.25, 0.3) is 0 Å². The van der Waals surface area contributed by atoms with Crippen molar-refractivity contribution in [1.82, 2.24) is 10.2 Å². The van der Waals surface area contributed by atoms with Crippen molar-refractivity contribution in [3.05, 3.63) is 57.2 Å². The monoisotopic (exact) mass is 291 g/mol. The first-order valence-electron chi connectivity index (χ1n) is 5.60. The van der Waals surface area contributed by atoms with Gasteiger partial charge in [-0.05, 0) is 36.8 Å². The fourth-order valence-electron chi connectivity index (χ4n) is 1.41. The van der Waals surface area contributed by atoms with Gasteiger partial charge in [-0.3, -0.25) is 15.5 Å². The molecule has 0 saturated carbocycles. The molecule has 0 aliphatic heterocycles. The number of nitrogens with zero attached hydrogens (tertiary/aromatic N) is 4. The van der Waals surface area contributed by atoms with Gasteiger partial charge in [0.15, 0.2) is 11.0 Å². The third kappa shape index (κ3) is 3.48. The summed E-state index contributed by atoms with van der Waals surface area (Å²) in [5, 5.41) is 22.4.